The molecule has 19 heavy (non-hydrogen) atoms. The Morgan fingerprint density at radius 3 is 2.84 bits per heavy atom. The first-order chi connectivity index (χ1) is 9.10. The van der Waals surface area contributed by atoms with E-state index in [9.17, 15) is 0 Å². The van der Waals surface area contributed by atoms with Crippen LogP contribution in [0.2, 0.25) is 0 Å². The van der Waals surface area contributed by atoms with Crippen molar-refractivity contribution in [3.05, 3.63) is 40.0 Å². The van der Waals surface area contributed by atoms with Crippen molar-refractivity contribution < 1.29 is 9.26 Å². The van der Waals surface area contributed by atoms with Crippen LogP contribution in [0.1, 0.15) is 37.0 Å². The molecule has 1 aromatic heterocycles. The van der Waals surface area contributed by atoms with Gasteiger partial charge in [-0.3, -0.25) is 0 Å². The molecule has 1 heterocycles. The summed E-state index contributed by atoms with van der Waals surface area (Å²) in [7, 11) is 0. The molecule has 2 N–H and O–H groups in total. The maximum atomic E-state index is 5.68. The van der Waals surface area contributed by atoms with Gasteiger partial charge in [0.25, 0.3) is 5.89 Å². The van der Waals surface area contributed by atoms with Gasteiger partial charge < -0.3 is 15.0 Å². The number of nitrogens with two attached hydrogens (primary N) is 1. The van der Waals surface area contributed by atoms with Crippen molar-refractivity contribution in [2.75, 3.05) is 0 Å². The molecule has 5 nitrogen and oxygen atoms in total. The summed E-state index contributed by atoms with van der Waals surface area (Å²) >= 11 is 3.40. The Hall–Kier alpha value is -1.40. The average molecular weight is 326 g/mol. The van der Waals surface area contributed by atoms with Crippen LogP contribution >= 0.6 is 15.9 Å². The first kappa shape index (κ1) is 14.0. The Kier molecular flexibility index (Phi) is 4.55. The fraction of sp³-hybridized carbons (Fsp3) is 0.385. The molecule has 0 saturated heterocycles. The summed E-state index contributed by atoms with van der Waals surface area (Å²) in [5.41, 5.74) is 6.61. The highest BCUT2D eigenvalue weighted by Gasteiger charge is 2.11. The molecule has 1 aromatic carbocycles. The van der Waals surface area contributed by atoms with E-state index in [1.165, 1.54) is 0 Å². The minimum absolute atomic E-state index is 0.241. The zero-order valence-corrected chi connectivity index (χ0v) is 12.5. The average Bonchev–Trinajstić information content (AvgIpc) is 2.86. The fourth-order valence-electron chi connectivity index (χ4n) is 1.55. The van der Waals surface area contributed by atoms with Gasteiger partial charge in [0.1, 0.15) is 5.75 Å². The van der Waals surface area contributed by atoms with Gasteiger partial charge in [0.15, 0.2) is 12.4 Å². The topological polar surface area (TPSA) is 74.2 Å². The van der Waals surface area contributed by atoms with Crippen LogP contribution in [0.3, 0.4) is 0 Å². The Balaban J connectivity index is 2.05. The molecular formula is C13H16BrN3O2. The molecule has 2 rings (SSSR count). The lowest BCUT2D eigenvalue weighted by Crippen LogP contribution is -2.03. The Morgan fingerprint density at radius 1 is 1.42 bits per heavy atom. The van der Waals surface area contributed by atoms with Crippen LogP contribution in [0, 0.1) is 0 Å². The maximum Gasteiger partial charge on any atom is 0.264 e. The summed E-state index contributed by atoms with van der Waals surface area (Å²) in [6.07, 6.45) is 0. The monoisotopic (exact) mass is 325 g/mol. The Morgan fingerprint density at radius 2 is 2.21 bits per heavy atom. The van der Waals surface area contributed by atoms with Crippen LogP contribution in [-0.2, 0) is 13.2 Å². The molecule has 0 atom stereocenters. The van der Waals surface area contributed by atoms with Crippen LogP contribution in [-0.4, -0.2) is 10.1 Å². The highest BCUT2D eigenvalue weighted by Crippen LogP contribution is 2.23. The van der Waals surface area contributed by atoms with Gasteiger partial charge in [-0.25, -0.2) is 0 Å². The second kappa shape index (κ2) is 6.16. The highest BCUT2D eigenvalue weighted by molar-refractivity contribution is 9.10. The van der Waals surface area contributed by atoms with Gasteiger partial charge in [0.05, 0.1) is 0 Å². The summed E-state index contributed by atoms with van der Waals surface area (Å²) in [4.78, 5) is 4.25. The third kappa shape index (κ3) is 3.54. The third-order valence-electron chi connectivity index (χ3n) is 2.59. The molecule has 0 radical (unpaired) electrons. The summed E-state index contributed by atoms with van der Waals surface area (Å²) in [6, 6.07) is 5.70. The zero-order chi connectivity index (χ0) is 13.8. The van der Waals surface area contributed by atoms with Crippen LogP contribution in [0.4, 0.5) is 0 Å². The summed E-state index contributed by atoms with van der Waals surface area (Å²) in [5.74, 6) is 2.13. The smallest absolute Gasteiger partial charge is 0.264 e. The van der Waals surface area contributed by atoms with Crippen molar-refractivity contribution in [3.8, 4) is 5.75 Å². The van der Waals surface area contributed by atoms with Crippen LogP contribution in [0.25, 0.3) is 0 Å². The molecule has 102 valence electrons. The fourth-order valence-corrected chi connectivity index (χ4v) is 1.96. The maximum absolute atomic E-state index is 5.68. The number of hydrogen-bond donors (Lipinski definition) is 1. The number of ether oxygens (including phenoxy) is 1. The van der Waals surface area contributed by atoms with E-state index in [0.29, 0.717) is 18.3 Å². The molecule has 0 aliphatic heterocycles. The van der Waals surface area contributed by atoms with Crippen molar-refractivity contribution in [2.24, 2.45) is 5.73 Å². The van der Waals surface area contributed by atoms with Gasteiger partial charge in [-0.1, -0.05) is 34.9 Å². The minimum atomic E-state index is 0.241. The predicted octanol–water partition coefficient (Wildman–Crippen LogP) is 2.99. The second-order valence-electron chi connectivity index (χ2n) is 4.45. The normalized spacial score (nSPS) is 11.0. The van der Waals surface area contributed by atoms with Gasteiger partial charge in [-0.15, -0.1) is 0 Å². The predicted molar refractivity (Wildman–Crippen MR) is 74.8 cm³/mol. The molecule has 6 heteroatoms. The number of halogens is 1. The van der Waals surface area contributed by atoms with E-state index < -0.39 is 0 Å². The van der Waals surface area contributed by atoms with E-state index in [4.69, 9.17) is 15.0 Å². The molecule has 0 spiro atoms. The lowest BCUT2D eigenvalue weighted by Gasteiger charge is -2.08. The number of benzene rings is 1. The number of nitrogens with zero attached hydrogens (tertiary/aromatic N) is 2. The number of rotatable bonds is 5. The van der Waals surface area contributed by atoms with Crippen LogP contribution in [0.5, 0.6) is 5.75 Å². The van der Waals surface area contributed by atoms with Crippen LogP contribution in [0.15, 0.2) is 27.2 Å². The van der Waals surface area contributed by atoms with Gasteiger partial charge in [0.2, 0.25) is 0 Å². The lowest BCUT2D eigenvalue weighted by atomic mass is 10.2. The third-order valence-corrected chi connectivity index (χ3v) is 3.09. The van der Waals surface area contributed by atoms with Crippen LogP contribution < -0.4 is 10.5 Å². The molecular weight excluding hydrogens is 310 g/mol. The van der Waals surface area contributed by atoms with Crippen molar-refractivity contribution in [2.45, 2.75) is 32.9 Å². The van der Waals surface area contributed by atoms with E-state index in [0.717, 1.165) is 15.8 Å². The zero-order valence-electron chi connectivity index (χ0n) is 10.9. The van der Waals surface area contributed by atoms with Gasteiger partial charge in [-0.05, 0) is 18.2 Å². The van der Waals surface area contributed by atoms with Gasteiger partial charge in [0, 0.05) is 22.5 Å². The standard InChI is InChI=1S/C13H16BrN3O2/c1-8(2)13-16-12(19-17-13)7-18-11-4-3-10(14)5-9(11)6-15/h3-5,8H,6-7,15H2,1-2H3. The quantitative estimate of drug-likeness (QED) is 0.914. The first-order valence-electron chi connectivity index (χ1n) is 6.04. The molecule has 0 aliphatic carbocycles. The van der Waals surface area contributed by atoms with E-state index in [2.05, 4.69) is 26.1 Å². The molecule has 0 fully saturated rings. The minimum Gasteiger partial charge on any atom is -0.483 e. The van der Waals surface area contributed by atoms with E-state index in [1.54, 1.807) is 0 Å². The van der Waals surface area contributed by atoms with E-state index in [-0.39, 0.29) is 12.5 Å². The van der Waals surface area contributed by atoms with E-state index in [1.807, 2.05) is 32.0 Å². The molecule has 0 unspecified atom stereocenters. The lowest BCUT2D eigenvalue weighted by molar-refractivity contribution is 0.240. The van der Waals surface area contributed by atoms with Crippen molar-refractivity contribution in [3.63, 3.8) is 0 Å². The molecule has 0 amide bonds. The van der Waals surface area contributed by atoms with Crippen molar-refractivity contribution in [1.29, 1.82) is 0 Å². The second-order valence-corrected chi connectivity index (χ2v) is 5.36. The molecule has 0 aliphatic rings. The summed E-state index contributed by atoms with van der Waals surface area (Å²) in [6.45, 7) is 4.68. The Bertz CT molecular complexity index is 555. The largest absolute Gasteiger partial charge is 0.483 e. The summed E-state index contributed by atoms with van der Waals surface area (Å²) < 4.78 is 11.8. The van der Waals surface area contributed by atoms with Gasteiger partial charge in [-0.2, -0.15) is 4.98 Å². The SMILES string of the molecule is CC(C)c1noc(COc2ccc(Br)cc2CN)n1. The summed E-state index contributed by atoms with van der Waals surface area (Å²) in [5, 5.41) is 3.89. The molecule has 0 bridgehead atoms. The van der Waals surface area contributed by atoms with E-state index >= 15 is 0 Å². The molecule has 0 saturated carbocycles. The van der Waals surface area contributed by atoms with Crippen molar-refractivity contribution >= 4 is 15.9 Å². The van der Waals surface area contributed by atoms with Gasteiger partial charge >= 0.3 is 0 Å². The number of hydrogen-bond acceptors (Lipinski definition) is 5. The highest BCUT2D eigenvalue weighted by atomic mass is 79.9. The van der Waals surface area contributed by atoms with Crippen molar-refractivity contribution in [1.82, 2.24) is 10.1 Å². The Labute approximate surface area is 120 Å². The number of aromatic nitrogens is 2. The first-order valence-corrected chi connectivity index (χ1v) is 6.83. The molecule has 2 aromatic rings.